The van der Waals surface area contributed by atoms with Gasteiger partial charge in [-0.15, -0.1) is 0 Å². The van der Waals surface area contributed by atoms with E-state index in [4.69, 9.17) is 18.1 Å². The topological polar surface area (TPSA) is 62.4 Å². The van der Waals surface area contributed by atoms with Gasteiger partial charge in [-0.3, -0.25) is 10.9 Å². The Hall–Kier alpha value is -0.680. The molecule has 0 aromatic carbocycles. The molecule has 4 N–H and O–H groups in total. The number of rotatable bonds is 2. The molecule has 0 aromatic rings. The third-order valence-corrected chi connectivity index (χ3v) is 5.47. The van der Waals surface area contributed by atoms with Gasteiger partial charge in [-0.2, -0.15) is 5.10 Å². The zero-order valence-corrected chi connectivity index (χ0v) is 11.7. The minimum absolute atomic E-state index is 0.353. The van der Waals surface area contributed by atoms with Crippen LogP contribution in [0.5, 0.6) is 0 Å². The van der Waals surface area contributed by atoms with E-state index >= 15 is 0 Å². The van der Waals surface area contributed by atoms with Crippen LogP contribution in [0.3, 0.4) is 0 Å². The number of nitrogens with two attached hydrogens (primary N) is 1. The van der Waals surface area contributed by atoms with E-state index in [1.165, 1.54) is 44.2 Å². The molecule has 4 bridgehead atoms. The van der Waals surface area contributed by atoms with E-state index in [2.05, 4.69) is 22.9 Å². The Morgan fingerprint density at radius 1 is 1.17 bits per heavy atom. The molecule has 0 aliphatic heterocycles. The van der Waals surface area contributed by atoms with Crippen molar-refractivity contribution in [1.82, 2.24) is 10.9 Å². The fourth-order valence-electron chi connectivity index (χ4n) is 4.84. The molecule has 0 amide bonds. The van der Waals surface area contributed by atoms with Gasteiger partial charge in [0.1, 0.15) is 0 Å². The van der Waals surface area contributed by atoms with Crippen LogP contribution in [0.4, 0.5) is 0 Å². The Labute approximate surface area is 114 Å². The number of hydrazone groups is 1. The second-order valence-electron chi connectivity index (χ2n) is 6.48. The van der Waals surface area contributed by atoms with Crippen LogP contribution in [0.25, 0.3) is 0 Å². The first-order chi connectivity index (χ1) is 8.61. The first-order valence-corrected chi connectivity index (χ1v) is 7.33. The summed E-state index contributed by atoms with van der Waals surface area (Å²) in [6.07, 6.45) is 8.38. The number of thiocarbonyl (C=S) groups is 1. The summed E-state index contributed by atoms with van der Waals surface area (Å²) in [6, 6.07) is 0. The van der Waals surface area contributed by atoms with Crippen molar-refractivity contribution in [2.24, 2.45) is 34.1 Å². The van der Waals surface area contributed by atoms with E-state index in [1.54, 1.807) is 0 Å². The lowest BCUT2D eigenvalue weighted by Crippen LogP contribution is -2.50. The summed E-state index contributed by atoms with van der Waals surface area (Å²) in [5, 5.41) is 4.86. The SMILES string of the molecule is C/C(=N/NC(=S)NN)C12CC3CC(CC(C3)C1)C2. The predicted octanol–water partition coefficient (Wildman–Crippen LogP) is 1.92. The monoisotopic (exact) mass is 266 g/mol. The summed E-state index contributed by atoms with van der Waals surface area (Å²) in [5.41, 5.74) is 6.82. The second-order valence-corrected chi connectivity index (χ2v) is 6.89. The molecule has 0 unspecified atom stereocenters. The number of nitrogens with zero attached hydrogens (tertiary/aromatic N) is 1. The number of nitrogens with one attached hydrogen (secondary N) is 2. The third kappa shape index (κ3) is 2.03. The van der Waals surface area contributed by atoms with E-state index in [9.17, 15) is 0 Å². The first-order valence-electron chi connectivity index (χ1n) is 6.92. The van der Waals surface area contributed by atoms with Crippen molar-refractivity contribution in [3.8, 4) is 0 Å². The average Bonchev–Trinajstić information content (AvgIpc) is 2.33. The quantitative estimate of drug-likeness (QED) is 0.309. The van der Waals surface area contributed by atoms with E-state index < -0.39 is 0 Å². The normalized spacial score (nSPS) is 41.9. The number of hydrazine groups is 1. The van der Waals surface area contributed by atoms with Crippen molar-refractivity contribution in [2.45, 2.75) is 45.4 Å². The summed E-state index contributed by atoms with van der Waals surface area (Å²) < 4.78 is 0. The Kier molecular flexibility index (Phi) is 3.06. The van der Waals surface area contributed by atoms with E-state index in [0.29, 0.717) is 10.5 Å². The van der Waals surface area contributed by atoms with Gasteiger partial charge in [0.05, 0.1) is 0 Å². The fourth-order valence-corrected chi connectivity index (χ4v) is 4.88. The van der Waals surface area contributed by atoms with Gasteiger partial charge in [-0.05, 0) is 75.4 Å². The van der Waals surface area contributed by atoms with Crippen LogP contribution in [0.1, 0.15) is 45.4 Å². The van der Waals surface area contributed by atoms with Crippen molar-refractivity contribution >= 4 is 23.0 Å². The minimum Gasteiger partial charge on any atom is -0.300 e. The van der Waals surface area contributed by atoms with Gasteiger partial charge in [0.15, 0.2) is 0 Å². The zero-order chi connectivity index (χ0) is 12.8. The lowest BCUT2D eigenvalue weighted by Gasteiger charge is -2.56. The molecule has 0 spiro atoms. The highest BCUT2D eigenvalue weighted by Crippen LogP contribution is 2.60. The van der Waals surface area contributed by atoms with Crippen LogP contribution in [0.2, 0.25) is 0 Å². The summed E-state index contributed by atoms with van der Waals surface area (Å²) in [5.74, 6) is 8.08. The molecule has 0 atom stereocenters. The van der Waals surface area contributed by atoms with Crippen LogP contribution >= 0.6 is 12.2 Å². The summed E-state index contributed by atoms with van der Waals surface area (Å²) >= 11 is 4.96. The molecule has 4 aliphatic rings. The third-order valence-electron chi connectivity index (χ3n) is 5.26. The molecule has 4 rings (SSSR count). The number of hydrogen-bond donors (Lipinski definition) is 3. The first kappa shape index (κ1) is 12.4. The van der Waals surface area contributed by atoms with Gasteiger partial charge in [0.2, 0.25) is 5.11 Å². The molecule has 0 radical (unpaired) electrons. The number of hydrogen-bond acceptors (Lipinski definition) is 3. The predicted molar refractivity (Wildman–Crippen MR) is 76.8 cm³/mol. The molecule has 4 aliphatic carbocycles. The lowest BCUT2D eigenvalue weighted by atomic mass is 9.48. The van der Waals surface area contributed by atoms with Crippen molar-refractivity contribution in [3.63, 3.8) is 0 Å². The van der Waals surface area contributed by atoms with Crippen molar-refractivity contribution in [2.75, 3.05) is 0 Å². The molecule has 0 heterocycles. The maximum Gasteiger partial charge on any atom is 0.201 e. The van der Waals surface area contributed by atoms with Gasteiger partial charge in [-0.25, -0.2) is 5.84 Å². The Balaban J connectivity index is 1.76. The molecular weight excluding hydrogens is 244 g/mol. The molecule has 4 fully saturated rings. The molecule has 18 heavy (non-hydrogen) atoms. The summed E-state index contributed by atoms with van der Waals surface area (Å²) in [4.78, 5) is 0. The minimum atomic E-state index is 0.353. The summed E-state index contributed by atoms with van der Waals surface area (Å²) in [6.45, 7) is 2.15. The Bertz CT molecular complexity index is 355. The Morgan fingerprint density at radius 2 is 1.67 bits per heavy atom. The highest BCUT2D eigenvalue weighted by molar-refractivity contribution is 7.80. The van der Waals surface area contributed by atoms with E-state index in [1.807, 2.05) is 0 Å². The van der Waals surface area contributed by atoms with Crippen molar-refractivity contribution in [1.29, 1.82) is 0 Å². The van der Waals surface area contributed by atoms with Gasteiger partial charge in [-0.1, -0.05) is 0 Å². The van der Waals surface area contributed by atoms with Crippen LogP contribution in [-0.2, 0) is 0 Å². The fraction of sp³-hybridized carbons (Fsp3) is 0.846. The van der Waals surface area contributed by atoms with Gasteiger partial charge in [0, 0.05) is 11.1 Å². The second kappa shape index (κ2) is 4.46. The smallest absolute Gasteiger partial charge is 0.201 e. The molecule has 0 saturated heterocycles. The van der Waals surface area contributed by atoms with E-state index in [-0.39, 0.29) is 0 Å². The van der Waals surface area contributed by atoms with Crippen LogP contribution in [0.15, 0.2) is 5.10 Å². The Morgan fingerprint density at radius 3 is 2.11 bits per heavy atom. The standard InChI is InChI=1S/C13H22N4S/c1-8(16-17-12(18)15-14)13-5-9-2-10(6-13)4-11(3-9)7-13/h9-11H,2-7,14H2,1H3,(H2,15,17,18)/b16-8-. The maximum atomic E-state index is 5.24. The van der Waals surface area contributed by atoms with Gasteiger partial charge >= 0.3 is 0 Å². The lowest BCUT2D eigenvalue weighted by molar-refractivity contribution is -0.0128. The molecule has 100 valence electrons. The van der Waals surface area contributed by atoms with Crippen molar-refractivity contribution in [3.05, 3.63) is 0 Å². The average molecular weight is 266 g/mol. The van der Waals surface area contributed by atoms with Crippen molar-refractivity contribution < 1.29 is 0 Å². The largest absolute Gasteiger partial charge is 0.300 e. The molecule has 4 nitrogen and oxygen atoms in total. The highest BCUT2D eigenvalue weighted by atomic mass is 32.1. The molecule has 4 saturated carbocycles. The van der Waals surface area contributed by atoms with Crippen LogP contribution in [0, 0.1) is 23.2 Å². The maximum absolute atomic E-state index is 5.24. The molecule has 5 heteroatoms. The van der Waals surface area contributed by atoms with Gasteiger partial charge in [0.25, 0.3) is 0 Å². The summed E-state index contributed by atoms with van der Waals surface area (Å²) in [7, 11) is 0. The molecular formula is C13H22N4S. The zero-order valence-electron chi connectivity index (χ0n) is 10.9. The van der Waals surface area contributed by atoms with Gasteiger partial charge < -0.3 is 0 Å². The van der Waals surface area contributed by atoms with Crippen LogP contribution in [-0.4, -0.2) is 10.8 Å². The highest BCUT2D eigenvalue weighted by Gasteiger charge is 2.52. The van der Waals surface area contributed by atoms with Crippen LogP contribution < -0.4 is 16.7 Å². The molecule has 0 aromatic heterocycles. The van der Waals surface area contributed by atoms with E-state index in [0.717, 1.165) is 17.8 Å².